The second-order valence-electron chi connectivity index (χ2n) is 5.44. The van der Waals surface area contributed by atoms with E-state index >= 15 is 0 Å². The van der Waals surface area contributed by atoms with Crippen molar-refractivity contribution in [1.29, 1.82) is 0 Å². The van der Waals surface area contributed by atoms with Gasteiger partial charge in [0, 0.05) is 20.0 Å². The number of aromatic nitrogens is 5. The van der Waals surface area contributed by atoms with Crippen LogP contribution < -0.4 is 5.32 Å². The summed E-state index contributed by atoms with van der Waals surface area (Å²) < 4.78 is 3.97. The van der Waals surface area contributed by atoms with E-state index in [9.17, 15) is 0 Å². The lowest BCUT2D eigenvalue weighted by molar-refractivity contribution is 0.464. The molecule has 0 aliphatic carbocycles. The number of nitrogens with zero attached hydrogens (tertiary/aromatic N) is 5. The quantitative estimate of drug-likeness (QED) is 0.808. The second-order valence-corrected chi connectivity index (χ2v) is 5.44. The van der Waals surface area contributed by atoms with Crippen LogP contribution in [0, 0.1) is 6.92 Å². The molecule has 2 aromatic heterocycles. The highest BCUT2D eigenvalue weighted by atomic mass is 15.3. The van der Waals surface area contributed by atoms with Crippen molar-refractivity contribution >= 4 is 0 Å². The molecule has 0 saturated heterocycles. The molecule has 0 radical (unpaired) electrons. The summed E-state index contributed by atoms with van der Waals surface area (Å²) in [6, 6.07) is 2.37. The molecule has 6 heteroatoms. The summed E-state index contributed by atoms with van der Waals surface area (Å²) in [4.78, 5) is 4.43. The zero-order chi connectivity index (χ0) is 15.2. The summed E-state index contributed by atoms with van der Waals surface area (Å²) in [5.41, 5.74) is 2.25. The SMILES string of the molecule is CCCNC(Cc1ncnn1CCC)c1cc(C)nn1C. The van der Waals surface area contributed by atoms with Gasteiger partial charge >= 0.3 is 0 Å². The molecular formula is C15H26N6. The summed E-state index contributed by atoms with van der Waals surface area (Å²) >= 11 is 0. The van der Waals surface area contributed by atoms with Gasteiger partial charge in [-0.1, -0.05) is 13.8 Å². The third-order valence-corrected chi connectivity index (χ3v) is 3.55. The molecular weight excluding hydrogens is 264 g/mol. The van der Waals surface area contributed by atoms with Gasteiger partial charge in [-0.25, -0.2) is 4.98 Å². The second kappa shape index (κ2) is 7.36. The summed E-state index contributed by atoms with van der Waals surface area (Å²) in [7, 11) is 2.00. The highest BCUT2D eigenvalue weighted by Crippen LogP contribution is 2.18. The molecule has 1 atom stereocenters. The Balaban J connectivity index is 2.20. The molecule has 116 valence electrons. The first-order chi connectivity index (χ1) is 10.2. The van der Waals surface area contributed by atoms with Gasteiger partial charge in [-0.2, -0.15) is 10.2 Å². The molecule has 6 nitrogen and oxygen atoms in total. The lowest BCUT2D eigenvalue weighted by atomic mass is 10.1. The van der Waals surface area contributed by atoms with E-state index in [0.29, 0.717) is 0 Å². The predicted octanol–water partition coefficient (Wildman–Crippen LogP) is 2.01. The predicted molar refractivity (Wildman–Crippen MR) is 83.0 cm³/mol. The van der Waals surface area contributed by atoms with Crippen molar-refractivity contribution in [2.75, 3.05) is 6.54 Å². The first-order valence-corrected chi connectivity index (χ1v) is 7.76. The van der Waals surface area contributed by atoms with E-state index < -0.39 is 0 Å². The van der Waals surface area contributed by atoms with Gasteiger partial charge in [0.25, 0.3) is 0 Å². The van der Waals surface area contributed by atoms with Gasteiger partial charge < -0.3 is 5.32 Å². The van der Waals surface area contributed by atoms with E-state index in [-0.39, 0.29) is 6.04 Å². The Morgan fingerprint density at radius 3 is 2.71 bits per heavy atom. The minimum atomic E-state index is 0.218. The Morgan fingerprint density at radius 1 is 1.29 bits per heavy atom. The van der Waals surface area contributed by atoms with Gasteiger partial charge in [-0.15, -0.1) is 0 Å². The minimum absolute atomic E-state index is 0.218. The van der Waals surface area contributed by atoms with E-state index in [1.165, 1.54) is 5.69 Å². The molecule has 0 bridgehead atoms. The molecule has 0 amide bonds. The molecule has 1 unspecified atom stereocenters. The Labute approximate surface area is 126 Å². The van der Waals surface area contributed by atoms with Crippen LogP contribution >= 0.6 is 0 Å². The summed E-state index contributed by atoms with van der Waals surface area (Å²) in [5.74, 6) is 1.03. The minimum Gasteiger partial charge on any atom is -0.308 e. The fourth-order valence-corrected chi connectivity index (χ4v) is 2.58. The molecule has 0 aromatic carbocycles. The van der Waals surface area contributed by atoms with Crippen LogP contribution in [0.3, 0.4) is 0 Å². The summed E-state index contributed by atoms with van der Waals surface area (Å²) in [6.07, 6.45) is 4.65. The molecule has 0 aliphatic rings. The molecule has 2 rings (SSSR count). The standard InChI is InChI=1S/C15H26N6/c1-5-7-16-13(14-9-12(3)19-20(14)4)10-15-17-11-18-21(15)8-6-2/h9,11,13,16H,5-8,10H2,1-4H3. The van der Waals surface area contributed by atoms with Crippen LogP contribution in [0.4, 0.5) is 0 Å². The zero-order valence-corrected chi connectivity index (χ0v) is 13.5. The number of hydrogen-bond acceptors (Lipinski definition) is 4. The Bertz CT molecular complexity index is 556. The van der Waals surface area contributed by atoms with E-state index in [2.05, 4.69) is 40.4 Å². The number of hydrogen-bond donors (Lipinski definition) is 1. The van der Waals surface area contributed by atoms with Crippen LogP contribution in [-0.4, -0.2) is 31.1 Å². The zero-order valence-electron chi connectivity index (χ0n) is 13.5. The molecule has 0 aliphatic heterocycles. The van der Waals surface area contributed by atoms with E-state index in [4.69, 9.17) is 0 Å². The molecule has 1 N–H and O–H groups in total. The molecule has 2 heterocycles. The molecule has 21 heavy (non-hydrogen) atoms. The number of aryl methyl sites for hydroxylation is 3. The van der Waals surface area contributed by atoms with Gasteiger partial charge in [0.1, 0.15) is 12.2 Å². The average Bonchev–Trinajstić information content (AvgIpc) is 3.02. The molecule has 0 spiro atoms. The molecule has 2 aromatic rings. The van der Waals surface area contributed by atoms with Crippen molar-refractivity contribution in [3.63, 3.8) is 0 Å². The highest BCUT2D eigenvalue weighted by Gasteiger charge is 2.18. The van der Waals surface area contributed by atoms with Gasteiger partial charge in [-0.05, 0) is 32.4 Å². The van der Waals surface area contributed by atoms with Crippen LogP contribution in [0.1, 0.15) is 49.9 Å². The largest absolute Gasteiger partial charge is 0.308 e. The van der Waals surface area contributed by atoms with E-state index in [0.717, 1.165) is 43.9 Å². The lowest BCUT2D eigenvalue weighted by Gasteiger charge is -2.18. The highest BCUT2D eigenvalue weighted by molar-refractivity contribution is 5.14. The Morgan fingerprint density at radius 2 is 2.10 bits per heavy atom. The fourth-order valence-electron chi connectivity index (χ4n) is 2.58. The maximum absolute atomic E-state index is 4.46. The Kier molecular flexibility index (Phi) is 5.50. The van der Waals surface area contributed by atoms with Crippen molar-refractivity contribution in [2.24, 2.45) is 7.05 Å². The third kappa shape index (κ3) is 3.91. The first-order valence-electron chi connectivity index (χ1n) is 7.76. The first kappa shape index (κ1) is 15.7. The van der Waals surface area contributed by atoms with Crippen molar-refractivity contribution in [3.05, 3.63) is 29.6 Å². The van der Waals surface area contributed by atoms with Gasteiger partial charge in [0.2, 0.25) is 0 Å². The normalized spacial score (nSPS) is 12.8. The van der Waals surface area contributed by atoms with Crippen molar-refractivity contribution in [3.8, 4) is 0 Å². The fraction of sp³-hybridized carbons (Fsp3) is 0.667. The maximum Gasteiger partial charge on any atom is 0.138 e. The smallest absolute Gasteiger partial charge is 0.138 e. The lowest BCUT2D eigenvalue weighted by Crippen LogP contribution is -2.27. The van der Waals surface area contributed by atoms with Crippen molar-refractivity contribution in [1.82, 2.24) is 29.9 Å². The van der Waals surface area contributed by atoms with Crippen LogP contribution in [0.15, 0.2) is 12.4 Å². The maximum atomic E-state index is 4.46. The van der Waals surface area contributed by atoms with Gasteiger partial charge in [0.15, 0.2) is 0 Å². The monoisotopic (exact) mass is 290 g/mol. The topological polar surface area (TPSA) is 60.6 Å². The van der Waals surface area contributed by atoms with Crippen LogP contribution in [0.2, 0.25) is 0 Å². The van der Waals surface area contributed by atoms with Crippen LogP contribution in [0.25, 0.3) is 0 Å². The van der Waals surface area contributed by atoms with E-state index in [1.807, 2.05) is 23.3 Å². The number of nitrogens with one attached hydrogen (secondary N) is 1. The molecule has 0 saturated carbocycles. The summed E-state index contributed by atoms with van der Waals surface area (Å²) in [5, 5.41) is 12.4. The van der Waals surface area contributed by atoms with Crippen LogP contribution in [0.5, 0.6) is 0 Å². The van der Waals surface area contributed by atoms with Gasteiger partial charge in [-0.3, -0.25) is 9.36 Å². The molecule has 0 fully saturated rings. The van der Waals surface area contributed by atoms with Crippen molar-refractivity contribution < 1.29 is 0 Å². The number of rotatable bonds is 8. The third-order valence-electron chi connectivity index (χ3n) is 3.55. The average molecular weight is 290 g/mol. The van der Waals surface area contributed by atoms with E-state index in [1.54, 1.807) is 6.33 Å². The van der Waals surface area contributed by atoms with Crippen molar-refractivity contribution in [2.45, 2.75) is 52.6 Å². The Hall–Kier alpha value is -1.69. The van der Waals surface area contributed by atoms with Crippen LogP contribution in [-0.2, 0) is 20.0 Å². The summed E-state index contributed by atoms with van der Waals surface area (Å²) in [6.45, 7) is 8.26. The van der Waals surface area contributed by atoms with Gasteiger partial charge in [0.05, 0.1) is 17.4 Å².